The third-order valence-electron chi connectivity index (χ3n) is 3.01. The molecule has 1 amide bonds. The molecule has 0 unspecified atom stereocenters. The Kier molecular flexibility index (Phi) is 5.47. The van der Waals surface area contributed by atoms with Gasteiger partial charge in [-0.1, -0.05) is 0 Å². The van der Waals surface area contributed by atoms with Crippen LogP contribution in [0, 0.1) is 4.77 Å². The Labute approximate surface area is 136 Å². The number of ether oxygens (including phenoxy) is 2. The summed E-state index contributed by atoms with van der Waals surface area (Å²) in [5.41, 5.74) is 0.363. The van der Waals surface area contributed by atoms with Crippen LogP contribution in [-0.4, -0.2) is 35.3 Å². The lowest BCUT2D eigenvalue weighted by Crippen LogP contribution is -2.19. The molecule has 1 aromatic heterocycles. The number of aryl methyl sites for hydroxylation is 1. The first-order valence-electron chi connectivity index (χ1n) is 6.72. The summed E-state index contributed by atoms with van der Waals surface area (Å²) in [4.78, 5) is 26.0. The Morgan fingerprint density at radius 3 is 2.48 bits per heavy atom. The van der Waals surface area contributed by atoms with Gasteiger partial charge in [-0.25, -0.2) is 0 Å². The fourth-order valence-corrected chi connectivity index (χ4v) is 2.02. The Balaban J connectivity index is 2.02. The van der Waals surface area contributed by atoms with E-state index in [1.54, 1.807) is 18.2 Å². The van der Waals surface area contributed by atoms with Crippen LogP contribution in [0.15, 0.2) is 23.0 Å². The van der Waals surface area contributed by atoms with Gasteiger partial charge in [0.2, 0.25) is 5.91 Å². The molecule has 9 heteroatoms. The zero-order chi connectivity index (χ0) is 16.8. The zero-order valence-electron chi connectivity index (χ0n) is 12.6. The molecule has 0 atom stereocenters. The van der Waals surface area contributed by atoms with E-state index in [0.717, 1.165) is 0 Å². The van der Waals surface area contributed by atoms with Gasteiger partial charge in [0.1, 0.15) is 17.2 Å². The number of rotatable bonds is 6. The van der Waals surface area contributed by atoms with Crippen molar-refractivity contribution in [1.29, 1.82) is 0 Å². The number of carbonyl (C=O) groups is 1. The monoisotopic (exact) mass is 336 g/mol. The van der Waals surface area contributed by atoms with Crippen LogP contribution in [0.25, 0.3) is 0 Å². The summed E-state index contributed by atoms with van der Waals surface area (Å²) in [6.45, 7) is 0. The van der Waals surface area contributed by atoms with Crippen molar-refractivity contribution in [2.45, 2.75) is 12.8 Å². The fourth-order valence-electron chi connectivity index (χ4n) is 1.88. The second-order valence-corrected chi connectivity index (χ2v) is 5.01. The third-order valence-corrected chi connectivity index (χ3v) is 3.20. The SMILES string of the molecule is COc1cc(NC(=O)CCc2n[nH]c(=S)[nH]c2=O)cc(OC)c1. The van der Waals surface area contributed by atoms with Crippen LogP contribution in [0.3, 0.4) is 0 Å². The lowest BCUT2D eigenvalue weighted by atomic mass is 10.2. The van der Waals surface area contributed by atoms with Crippen LogP contribution in [0.2, 0.25) is 0 Å². The number of nitrogens with zero attached hydrogens (tertiary/aromatic N) is 1. The Morgan fingerprint density at radius 1 is 1.26 bits per heavy atom. The normalized spacial score (nSPS) is 10.2. The number of aromatic nitrogens is 3. The van der Waals surface area contributed by atoms with Crippen LogP contribution < -0.4 is 20.3 Å². The fraction of sp³-hybridized carbons (Fsp3) is 0.286. The van der Waals surface area contributed by atoms with Crippen molar-refractivity contribution in [3.05, 3.63) is 39.0 Å². The Bertz CT molecular complexity index is 793. The van der Waals surface area contributed by atoms with Crippen molar-refractivity contribution >= 4 is 23.8 Å². The standard InChI is InChI=1S/C14H16N4O4S/c1-21-9-5-8(6-10(7-9)22-2)15-12(19)4-3-11-13(20)16-14(23)18-17-11/h5-7H,3-4H2,1-2H3,(H,15,19)(H2,16,18,20,23). The average Bonchev–Trinajstić information content (AvgIpc) is 2.53. The van der Waals surface area contributed by atoms with Crippen LogP contribution in [0.4, 0.5) is 5.69 Å². The Morgan fingerprint density at radius 2 is 1.91 bits per heavy atom. The molecule has 1 heterocycles. The summed E-state index contributed by atoms with van der Waals surface area (Å²) < 4.78 is 10.4. The van der Waals surface area contributed by atoms with Crippen molar-refractivity contribution in [2.24, 2.45) is 0 Å². The maximum Gasteiger partial charge on any atom is 0.273 e. The van der Waals surface area contributed by atoms with Gasteiger partial charge in [-0.05, 0) is 12.2 Å². The molecule has 0 spiro atoms. The number of hydrogen-bond acceptors (Lipinski definition) is 6. The number of methoxy groups -OCH3 is 2. The second-order valence-electron chi connectivity index (χ2n) is 4.60. The van der Waals surface area contributed by atoms with Gasteiger partial charge in [-0.2, -0.15) is 5.10 Å². The van der Waals surface area contributed by atoms with E-state index in [1.807, 2.05) is 0 Å². The van der Waals surface area contributed by atoms with Crippen molar-refractivity contribution in [3.8, 4) is 11.5 Å². The van der Waals surface area contributed by atoms with Gasteiger partial charge in [0, 0.05) is 36.7 Å². The predicted octanol–water partition coefficient (Wildman–Crippen LogP) is 1.42. The number of benzene rings is 1. The van der Waals surface area contributed by atoms with E-state index < -0.39 is 5.56 Å². The van der Waals surface area contributed by atoms with E-state index >= 15 is 0 Å². The summed E-state index contributed by atoms with van der Waals surface area (Å²) in [7, 11) is 3.05. The van der Waals surface area contributed by atoms with Gasteiger partial charge >= 0.3 is 0 Å². The lowest BCUT2D eigenvalue weighted by molar-refractivity contribution is -0.116. The third kappa shape index (κ3) is 4.65. The molecule has 0 aliphatic rings. The van der Waals surface area contributed by atoms with E-state index in [9.17, 15) is 9.59 Å². The zero-order valence-corrected chi connectivity index (χ0v) is 13.5. The van der Waals surface area contributed by atoms with Gasteiger partial charge in [-0.3, -0.25) is 19.7 Å². The van der Waals surface area contributed by atoms with E-state index in [1.165, 1.54) is 14.2 Å². The van der Waals surface area contributed by atoms with Crippen LogP contribution in [0.5, 0.6) is 11.5 Å². The second kappa shape index (κ2) is 7.54. The highest BCUT2D eigenvalue weighted by molar-refractivity contribution is 7.71. The molecular weight excluding hydrogens is 320 g/mol. The predicted molar refractivity (Wildman–Crippen MR) is 86.5 cm³/mol. The first-order valence-corrected chi connectivity index (χ1v) is 7.13. The molecular formula is C14H16N4O4S. The van der Waals surface area contributed by atoms with Crippen molar-refractivity contribution < 1.29 is 14.3 Å². The summed E-state index contributed by atoms with van der Waals surface area (Å²) in [5, 5.41) is 9.03. The topological polar surface area (TPSA) is 109 Å². The molecule has 8 nitrogen and oxygen atoms in total. The molecule has 2 aromatic rings. The van der Waals surface area contributed by atoms with Gasteiger partial charge in [0.05, 0.1) is 14.2 Å². The highest BCUT2D eigenvalue weighted by Gasteiger charge is 2.09. The summed E-state index contributed by atoms with van der Waals surface area (Å²) >= 11 is 4.75. The molecule has 0 aliphatic heterocycles. The molecule has 1 aromatic carbocycles. The molecule has 0 fully saturated rings. The maximum atomic E-state index is 12.0. The Hall–Kier alpha value is -2.68. The quantitative estimate of drug-likeness (QED) is 0.688. The molecule has 0 saturated heterocycles. The molecule has 122 valence electrons. The number of carbonyl (C=O) groups excluding carboxylic acids is 1. The lowest BCUT2D eigenvalue weighted by Gasteiger charge is -2.09. The number of aromatic amines is 2. The molecule has 23 heavy (non-hydrogen) atoms. The molecule has 0 aliphatic carbocycles. The summed E-state index contributed by atoms with van der Waals surface area (Å²) in [6.07, 6.45) is 0.286. The van der Waals surface area contributed by atoms with Crippen molar-refractivity contribution in [1.82, 2.24) is 15.2 Å². The van der Waals surface area contributed by atoms with Gasteiger partial charge in [0.15, 0.2) is 4.77 Å². The number of H-pyrrole nitrogens is 2. The van der Waals surface area contributed by atoms with Crippen LogP contribution in [-0.2, 0) is 11.2 Å². The largest absolute Gasteiger partial charge is 0.497 e. The first kappa shape index (κ1) is 16.7. The number of hydrogen-bond donors (Lipinski definition) is 3. The molecule has 0 bridgehead atoms. The smallest absolute Gasteiger partial charge is 0.273 e. The van der Waals surface area contributed by atoms with E-state index in [-0.39, 0.29) is 29.2 Å². The van der Waals surface area contributed by atoms with E-state index in [4.69, 9.17) is 21.7 Å². The molecule has 3 N–H and O–H groups in total. The van der Waals surface area contributed by atoms with Crippen molar-refractivity contribution in [3.63, 3.8) is 0 Å². The highest BCUT2D eigenvalue weighted by atomic mass is 32.1. The minimum absolute atomic E-state index is 0.0974. The minimum Gasteiger partial charge on any atom is -0.497 e. The van der Waals surface area contributed by atoms with Crippen LogP contribution >= 0.6 is 12.2 Å². The van der Waals surface area contributed by atoms with Crippen LogP contribution in [0.1, 0.15) is 12.1 Å². The van der Waals surface area contributed by atoms with E-state index in [2.05, 4.69) is 20.5 Å². The van der Waals surface area contributed by atoms with Crippen molar-refractivity contribution in [2.75, 3.05) is 19.5 Å². The van der Waals surface area contributed by atoms with Gasteiger partial charge < -0.3 is 14.8 Å². The van der Waals surface area contributed by atoms with E-state index in [0.29, 0.717) is 17.2 Å². The molecule has 0 radical (unpaired) electrons. The minimum atomic E-state index is -0.399. The number of nitrogens with one attached hydrogen (secondary N) is 3. The van der Waals surface area contributed by atoms with Gasteiger partial charge in [-0.15, -0.1) is 0 Å². The number of amides is 1. The number of anilines is 1. The average molecular weight is 336 g/mol. The maximum absolute atomic E-state index is 12.0. The first-order chi connectivity index (χ1) is 11.0. The van der Waals surface area contributed by atoms with Gasteiger partial charge in [0.25, 0.3) is 5.56 Å². The highest BCUT2D eigenvalue weighted by Crippen LogP contribution is 2.25. The summed E-state index contributed by atoms with van der Waals surface area (Å²) in [6, 6.07) is 5.04. The molecule has 2 rings (SSSR count). The summed E-state index contributed by atoms with van der Waals surface area (Å²) in [5.74, 6) is 0.866. The molecule has 0 saturated carbocycles.